The molecule has 0 spiro atoms. The summed E-state index contributed by atoms with van der Waals surface area (Å²) in [6, 6.07) is 5.66. The number of benzene rings is 1. The summed E-state index contributed by atoms with van der Waals surface area (Å²) in [5, 5.41) is 12.1. The first-order valence-electron chi connectivity index (χ1n) is 6.64. The Kier molecular flexibility index (Phi) is 3.90. The van der Waals surface area contributed by atoms with Crippen molar-refractivity contribution in [2.75, 3.05) is 25.0 Å². The van der Waals surface area contributed by atoms with Gasteiger partial charge in [0.15, 0.2) is 0 Å². The first-order valence-corrected chi connectivity index (χ1v) is 7.37. The summed E-state index contributed by atoms with van der Waals surface area (Å²) < 4.78 is 8.35. The van der Waals surface area contributed by atoms with Crippen LogP contribution in [-0.4, -0.2) is 50.4 Å². The topological polar surface area (TPSA) is 78.4 Å². The molecule has 106 valence electrons. The third-order valence-corrected chi connectivity index (χ3v) is 4.16. The van der Waals surface area contributed by atoms with Gasteiger partial charge in [0.1, 0.15) is 11.0 Å². The van der Waals surface area contributed by atoms with Crippen molar-refractivity contribution in [2.45, 2.75) is 18.9 Å². The van der Waals surface area contributed by atoms with E-state index >= 15 is 0 Å². The van der Waals surface area contributed by atoms with Crippen LogP contribution >= 0.6 is 11.7 Å². The molecule has 1 unspecified atom stereocenters. The molecule has 1 fully saturated rings. The smallest absolute Gasteiger partial charge is 0.238 e. The maximum Gasteiger partial charge on any atom is 0.238 e. The number of nitrogens with one attached hydrogen (secondary N) is 1. The second-order valence-corrected chi connectivity index (χ2v) is 5.46. The molecule has 20 heavy (non-hydrogen) atoms. The highest BCUT2D eigenvalue weighted by Gasteiger charge is 2.25. The van der Waals surface area contributed by atoms with Crippen LogP contribution < -0.4 is 5.32 Å². The Morgan fingerprint density at radius 1 is 1.50 bits per heavy atom. The second kappa shape index (κ2) is 5.82. The van der Waals surface area contributed by atoms with Gasteiger partial charge in [0.25, 0.3) is 0 Å². The number of likely N-dealkylation sites (tertiary alicyclic amines) is 1. The van der Waals surface area contributed by atoms with Crippen LogP contribution in [0.4, 0.5) is 5.69 Å². The van der Waals surface area contributed by atoms with Gasteiger partial charge in [0.2, 0.25) is 5.91 Å². The predicted octanol–water partition coefficient (Wildman–Crippen LogP) is 1.09. The number of amides is 1. The monoisotopic (exact) mass is 292 g/mol. The van der Waals surface area contributed by atoms with Crippen LogP contribution in [0.5, 0.6) is 0 Å². The number of fused-ring (bicyclic) bond motifs is 1. The minimum atomic E-state index is -0.0779. The number of aliphatic hydroxyl groups is 1. The molecular weight excluding hydrogens is 276 g/mol. The van der Waals surface area contributed by atoms with Crippen LogP contribution in [-0.2, 0) is 4.79 Å². The van der Waals surface area contributed by atoms with Crippen LogP contribution in [0, 0.1) is 0 Å². The Balaban J connectivity index is 1.68. The number of aliphatic hydroxyl groups excluding tert-OH is 1. The van der Waals surface area contributed by atoms with Crippen molar-refractivity contribution in [1.82, 2.24) is 13.6 Å². The van der Waals surface area contributed by atoms with E-state index in [9.17, 15) is 9.90 Å². The lowest BCUT2D eigenvalue weighted by Gasteiger charge is -2.21. The molecule has 3 rings (SSSR count). The van der Waals surface area contributed by atoms with E-state index < -0.39 is 0 Å². The van der Waals surface area contributed by atoms with Crippen molar-refractivity contribution in [3.05, 3.63) is 18.2 Å². The second-order valence-electron chi connectivity index (χ2n) is 4.93. The van der Waals surface area contributed by atoms with Crippen molar-refractivity contribution < 1.29 is 9.90 Å². The maximum absolute atomic E-state index is 12.1. The molecule has 2 N–H and O–H groups in total. The van der Waals surface area contributed by atoms with E-state index in [-0.39, 0.29) is 18.6 Å². The third kappa shape index (κ3) is 2.65. The first-order chi connectivity index (χ1) is 9.78. The Hall–Kier alpha value is -1.57. The number of carbonyl (C=O) groups excluding carboxylic acids is 1. The Morgan fingerprint density at radius 3 is 3.25 bits per heavy atom. The zero-order valence-electron chi connectivity index (χ0n) is 11.0. The van der Waals surface area contributed by atoms with Crippen LogP contribution in [0.15, 0.2) is 18.2 Å². The van der Waals surface area contributed by atoms with Gasteiger partial charge in [-0.05, 0) is 31.5 Å². The van der Waals surface area contributed by atoms with Crippen molar-refractivity contribution >= 4 is 34.4 Å². The molecule has 1 aromatic carbocycles. The Morgan fingerprint density at radius 2 is 2.40 bits per heavy atom. The zero-order valence-corrected chi connectivity index (χ0v) is 11.8. The molecule has 2 heterocycles. The third-order valence-electron chi connectivity index (χ3n) is 3.62. The summed E-state index contributed by atoms with van der Waals surface area (Å²) in [4.78, 5) is 14.1. The van der Waals surface area contributed by atoms with Gasteiger partial charge < -0.3 is 10.4 Å². The number of nitrogens with zero attached hydrogens (tertiary/aromatic N) is 3. The van der Waals surface area contributed by atoms with E-state index in [1.54, 1.807) is 0 Å². The lowest BCUT2D eigenvalue weighted by molar-refractivity contribution is -0.117. The van der Waals surface area contributed by atoms with Gasteiger partial charge in [0.05, 0.1) is 30.6 Å². The van der Waals surface area contributed by atoms with Gasteiger partial charge in [-0.15, -0.1) is 0 Å². The molecule has 0 radical (unpaired) electrons. The average molecular weight is 292 g/mol. The SMILES string of the molecule is O=C(CN1CCCC1CO)Nc1cccc2nsnc12. The molecule has 6 nitrogen and oxygen atoms in total. The molecule has 1 atom stereocenters. The highest BCUT2D eigenvalue weighted by molar-refractivity contribution is 7.00. The van der Waals surface area contributed by atoms with E-state index in [1.807, 2.05) is 23.1 Å². The first kappa shape index (κ1) is 13.4. The number of aromatic nitrogens is 2. The van der Waals surface area contributed by atoms with E-state index in [0.29, 0.717) is 12.2 Å². The summed E-state index contributed by atoms with van der Waals surface area (Å²) in [5.41, 5.74) is 2.22. The van der Waals surface area contributed by atoms with Gasteiger partial charge in [-0.2, -0.15) is 8.75 Å². The van der Waals surface area contributed by atoms with Gasteiger partial charge >= 0.3 is 0 Å². The van der Waals surface area contributed by atoms with Crippen molar-refractivity contribution in [3.8, 4) is 0 Å². The standard InChI is InChI=1S/C13H16N4O2S/c18-8-9-3-2-6-17(9)7-12(19)14-10-4-1-5-11-13(10)16-20-15-11/h1,4-5,9,18H,2-3,6-8H2,(H,14,19). The lowest BCUT2D eigenvalue weighted by Crippen LogP contribution is -2.38. The van der Waals surface area contributed by atoms with E-state index in [4.69, 9.17) is 0 Å². The summed E-state index contributed by atoms with van der Waals surface area (Å²) in [6.07, 6.45) is 1.99. The van der Waals surface area contributed by atoms with Gasteiger partial charge in [-0.3, -0.25) is 9.69 Å². The average Bonchev–Trinajstić information content (AvgIpc) is 3.07. The largest absolute Gasteiger partial charge is 0.395 e. The Labute approximate surface area is 120 Å². The zero-order chi connectivity index (χ0) is 13.9. The van der Waals surface area contributed by atoms with Crippen LogP contribution in [0.25, 0.3) is 11.0 Å². The number of anilines is 1. The van der Waals surface area contributed by atoms with Crippen molar-refractivity contribution in [2.24, 2.45) is 0 Å². The molecule has 0 aliphatic carbocycles. The molecule has 1 amide bonds. The molecule has 1 aliphatic rings. The summed E-state index contributed by atoms with van der Waals surface area (Å²) in [6.45, 7) is 1.28. The molecule has 2 aromatic rings. The number of hydrogen-bond acceptors (Lipinski definition) is 6. The summed E-state index contributed by atoms with van der Waals surface area (Å²) in [7, 11) is 0. The van der Waals surface area contributed by atoms with Crippen LogP contribution in [0.2, 0.25) is 0 Å². The molecular formula is C13H16N4O2S. The van der Waals surface area contributed by atoms with Crippen LogP contribution in [0.3, 0.4) is 0 Å². The molecule has 1 aliphatic heterocycles. The molecule has 1 aromatic heterocycles. The summed E-state index contributed by atoms with van der Waals surface area (Å²) >= 11 is 1.14. The fourth-order valence-corrected chi connectivity index (χ4v) is 3.14. The molecule has 0 saturated carbocycles. The highest BCUT2D eigenvalue weighted by atomic mass is 32.1. The number of rotatable bonds is 4. The summed E-state index contributed by atoms with van der Waals surface area (Å²) in [5.74, 6) is -0.0779. The fraction of sp³-hybridized carbons (Fsp3) is 0.462. The number of hydrogen-bond donors (Lipinski definition) is 2. The van der Waals surface area contributed by atoms with Crippen LogP contribution in [0.1, 0.15) is 12.8 Å². The van der Waals surface area contributed by atoms with Crippen molar-refractivity contribution in [1.29, 1.82) is 0 Å². The van der Waals surface area contributed by atoms with Crippen molar-refractivity contribution in [3.63, 3.8) is 0 Å². The molecule has 1 saturated heterocycles. The highest BCUT2D eigenvalue weighted by Crippen LogP contribution is 2.21. The minimum absolute atomic E-state index is 0.0779. The Bertz CT molecular complexity index is 615. The van der Waals surface area contributed by atoms with Gasteiger partial charge in [-0.25, -0.2) is 0 Å². The van der Waals surface area contributed by atoms with E-state index in [0.717, 1.165) is 42.1 Å². The molecule has 0 bridgehead atoms. The fourth-order valence-electron chi connectivity index (χ4n) is 2.59. The maximum atomic E-state index is 12.1. The van der Waals surface area contributed by atoms with Gasteiger partial charge in [-0.1, -0.05) is 6.07 Å². The minimum Gasteiger partial charge on any atom is -0.395 e. The number of carbonyl (C=O) groups is 1. The normalized spacial score (nSPS) is 19.6. The lowest BCUT2D eigenvalue weighted by atomic mass is 10.2. The quantitative estimate of drug-likeness (QED) is 0.882. The van der Waals surface area contributed by atoms with Gasteiger partial charge in [0, 0.05) is 6.04 Å². The van der Waals surface area contributed by atoms with E-state index in [1.165, 1.54) is 0 Å². The van der Waals surface area contributed by atoms with E-state index in [2.05, 4.69) is 14.1 Å². The molecule has 7 heteroatoms. The predicted molar refractivity (Wildman–Crippen MR) is 77.7 cm³/mol.